The maximum Gasteiger partial charge on any atom is 2.00 e. The van der Waals surface area contributed by atoms with Gasteiger partial charge in [0.05, 0.1) is 3.57 Å². The van der Waals surface area contributed by atoms with E-state index in [0.717, 1.165) is 14.7 Å². The van der Waals surface area contributed by atoms with Crippen molar-refractivity contribution in [1.29, 1.82) is 0 Å². The van der Waals surface area contributed by atoms with E-state index in [2.05, 4.69) is 27.6 Å². The fourth-order valence-corrected chi connectivity index (χ4v) is 3.10. The van der Waals surface area contributed by atoms with Crippen LogP contribution in [0, 0.1) is 3.57 Å². The van der Waals surface area contributed by atoms with Crippen molar-refractivity contribution < 1.29 is 17.1 Å². The standard InChI is InChI=1S/C16H13IN3O.C5H5.Fe/c17-13-10-20(16(21)19-15(13)18)14(12-8-4-5-9-12)11-6-2-1-3-7-11;1-2-4-5-3-1;/h1-10,14H,(H2,18,19,21);1-5H;/q2*-1;+2. The van der Waals surface area contributed by atoms with Gasteiger partial charge in [0.15, 0.2) is 0 Å². The molecule has 1 unspecified atom stereocenters. The van der Waals surface area contributed by atoms with Crippen LogP contribution < -0.4 is 11.4 Å². The van der Waals surface area contributed by atoms with Crippen LogP contribution in [0.25, 0.3) is 0 Å². The second-order valence-electron chi connectivity index (χ2n) is 5.66. The summed E-state index contributed by atoms with van der Waals surface area (Å²) in [6.45, 7) is 0. The van der Waals surface area contributed by atoms with Crippen LogP contribution in [0.15, 0.2) is 95.9 Å². The molecular weight excluding hydrogens is 493 g/mol. The van der Waals surface area contributed by atoms with E-state index in [-0.39, 0.29) is 34.6 Å². The van der Waals surface area contributed by atoms with Gasteiger partial charge in [0, 0.05) is 12.2 Å². The van der Waals surface area contributed by atoms with Crippen molar-refractivity contribution in [2.45, 2.75) is 6.04 Å². The van der Waals surface area contributed by atoms with Crippen LogP contribution in [0.1, 0.15) is 17.2 Å². The van der Waals surface area contributed by atoms with Crippen LogP contribution in [-0.2, 0) is 17.1 Å². The number of benzene rings is 1. The number of anilines is 1. The molecule has 1 atom stereocenters. The molecule has 4 aromatic rings. The Labute approximate surface area is 182 Å². The molecule has 27 heavy (non-hydrogen) atoms. The Kier molecular flexibility index (Phi) is 8.03. The molecule has 4 rings (SSSR count). The summed E-state index contributed by atoms with van der Waals surface area (Å²) >= 11 is 2.09. The van der Waals surface area contributed by atoms with Crippen LogP contribution >= 0.6 is 22.6 Å². The minimum Gasteiger partial charge on any atom is -0.383 e. The molecular formula is C21H18FeIN3O. The Balaban J connectivity index is 0.000000379. The molecule has 0 aliphatic heterocycles. The SMILES string of the molecule is Nc1nc(=O)n(C(c2ccccc2)[c-]2cccc2)cc1I.[Fe+2].c1cc[cH-]c1. The van der Waals surface area contributed by atoms with Gasteiger partial charge in [0.25, 0.3) is 0 Å². The molecule has 0 fully saturated rings. The van der Waals surface area contributed by atoms with Gasteiger partial charge in [-0.05, 0) is 28.2 Å². The number of aromatic nitrogens is 2. The Hall–Kier alpha value is -2.15. The first-order chi connectivity index (χ1) is 12.7. The Morgan fingerprint density at radius 2 is 1.67 bits per heavy atom. The molecule has 4 nitrogen and oxygen atoms in total. The minimum absolute atomic E-state index is 0. The molecule has 3 aromatic carbocycles. The van der Waals surface area contributed by atoms with Gasteiger partial charge in [-0.2, -0.15) is 35.3 Å². The first-order valence-electron chi connectivity index (χ1n) is 8.14. The van der Waals surface area contributed by atoms with E-state index in [1.165, 1.54) is 0 Å². The third-order valence-corrected chi connectivity index (χ3v) is 4.72. The summed E-state index contributed by atoms with van der Waals surface area (Å²) in [6.07, 6.45) is 1.76. The molecule has 0 saturated heterocycles. The van der Waals surface area contributed by atoms with Crippen LogP contribution in [-0.4, -0.2) is 9.55 Å². The third kappa shape index (κ3) is 5.42. The van der Waals surface area contributed by atoms with Crippen molar-refractivity contribution in [3.63, 3.8) is 0 Å². The number of nitrogen functional groups attached to an aromatic ring is 1. The van der Waals surface area contributed by atoms with Crippen molar-refractivity contribution in [1.82, 2.24) is 9.55 Å². The maximum atomic E-state index is 12.3. The van der Waals surface area contributed by atoms with Gasteiger partial charge in [-0.15, -0.1) is 5.56 Å². The van der Waals surface area contributed by atoms with E-state index in [1.807, 2.05) is 84.9 Å². The van der Waals surface area contributed by atoms with Crippen molar-refractivity contribution in [2.24, 2.45) is 0 Å². The summed E-state index contributed by atoms with van der Waals surface area (Å²) in [5.41, 5.74) is 7.45. The van der Waals surface area contributed by atoms with E-state index in [9.17, 15) is 4.79 Å². The zero-order valence-corrected chi connectivity index (χ0v) is 17.6. The predicted octanol–water partition coefficient (Wildman–Crippen LogP) is 4.19. The zero-order chi connectivity index (χ0) is 18.4. The van der Waals surface area contributed by atoms with Gasteiger partial charge in [-0.25, -0.2) is 29.1 Å². The molecule has 0 aliphatic rings. The molecule has 0 spiro atoms. The number of nitrogens with two attached hydrogens (primary N) is 1. The molecule has 0 bridgehead atoms. The molecule has 0 saturated carbocycles. The first kappa shape index (κ1) is 21.2. The molecule has 138 valence electrons. The van der Waals surface area contributed by atoms with Crippen LogP contribution in [0.4, 0.5) is 5.82 Å². The van der Waals surface area contributed by atoms with E-state index in [0.29, 0.717) is 0 Å². The average molecular weight is 511 g/mol. The van der Waals surface area contributed by atoms with Gasteiger partial charge in [0.2, 0.25) is 0 Å². The molecule has 0 amide bonds. The number of hydrogen-bond acceptors (Lipinski definition) is 3. The second kappa shape index (κ2) is 10.3. The van der Waals surface area contributed by atoms with E-state index in [1.54, 1.807) is 10.8 Å². The molecule has 1 aromatic heterocycles. The monoisotopic (exact) mass is 511 g/mol. The van der Waals surface area contributed by atoms with Crippen molar-refractivity contribution in [2.75, 3.05) is 5.73 Å². The third-order valence-electron chi connectivity index (χ3n) is 3.89. The van der Waals surface area contributed by atoms with E-state index in [4.69, 9.17) is 5.73 Å². The van der Waals surface area contributed by atoms with Crippen molar-refractivity contribution >= 4 is 28.4 Å². The minimum atomic E-state index is -0.344. The van der Waals surface area contributed by atoms with Gasteiger partial charge >= 0.3 is 22.8 Å². The average Bonchev–Trinajstić information content (AvgIpc) is 3.37. The van der Waals surface area contributed by atoms with Gasteiger partial charge in [-0.3, -0.25) is 4.57 Å². The molecule has 6 heteroatoms. The quantitative estimate of drug-likeness (QED) is 0.255. The summed E-state index contributed by atoms with van der Waals surface area (Å²) in [7, 11) is 0. The second-order valence-corrected chi connectivity index (χ2v) is 6.82. The summed E-state index contributed by atoms with van der Waals surface area (Å²) in [5.74, 6) is 0.270. The Bertz CT molecular complexity index is 963. The largest absolute Gasteiger partial charge is 2.00 e. The number of rotatable bonds is 3. The van der Waals surface area contributed by atoms with Crippen LogP contribution in [0.3, 0.4) is 0 Å². The summed E-state index contributed by atoms with van der Waals surface area (Å²) in [6, 6.07) is 27.6. The predicted molar refractivity (Wildman–Crippen MR) is 113 cm³/mol. The zero-order valence-electron chi connectivity index (χ0n) is 14.3. The topological polar surface area (TPSA) is 60.9 Å². The first-order valence-corrected chi connectivity index (χ1v) is 9.22. The van der Waals surface area contributed by atoms with Crippen molar-refractivity contribution in [3.05, 3.63) is 116 Å². The van der Waals surface area contributed by atoms with Gasteiger partial charge in [-0.1, -0.05) is 30.3 Å². The molecule has 0 radical (unpaired) electrons. The fourth-order valence-electron chi connectivity index (χ4n) is 2.68. The summed E-state index contributed by atoms with van der Waals surface area (Å²) in [5, 5.41) is 0. The summed E-state index contributed by atoms with van der Waals surface area (Å²) < 4.78 is 2.39. The number of nitrogens with zero attached hydrogens (tertiary/aromatic N) is 2. The molecule has 0 aliphatic carbocycles. The molecule has 1 heterocycles. The smallest absolute Gasteiger partial charge is 0.383 e. The van der Waals surface area contributed by atoms with Gasteiger partial charge < -0.3 is 5.73 Å². The maximum absolute atomic E-state index is 12.3. The van der Waals surface area contributed by atoms with E-state index < -0.39 is 0 Å². The van der Waals surface area contributed by atoms with Gasteiger partial charge in [0.1, 0.15) is 5.82 Å². The van der Waals surface area contributed by atoms with E-state index >= 15 is 0 Å². The normalized spacial score (nSPS) is 11.0. The van der Waals surface area contributed by atoms with Crippen LogP contribution in [0.2, 0.25) is 0 Å². The Morgan fingerprint density at radius 3 is 2.22 bits per heavy atom. The summed E-state index contributed by atoms with van der Waals surface area (Å²) in [4.78, 5) is 16.2. The van der Waals surface area contributed by atoms with Crippen molar-refractivity contribution in [3.8, 4) is 0 Å². The number of halogens is 1. The number of hydrogen-bond donors (Lipinski definition) is 1. The fraction of sp³-hybridized carbons (Fsp3) is 0.0476. The molecule has 2 N–H and O–H groups in total. The van der Waals surface area contributed by atoms with Crippen LogP contribution in [0.5, 0.6) is 0 Å². The Morgan fingerprint density at radius 1 is 1.04 bits per heavy atom.